The number of rotatable bonds is 7. The van der Waals surface area contributed by atoms with Crippen molar-refractivity contribution >= 4 is 12.0 Å². The Kier molecular flexibility index (Phi) is 5.99. The van der Waals surface area contributed by atoms with E-state index in [0.717, 1.165) is 18.4 Å². The molecule has 1 atom stereocenters. The fraction of sp³-hybridized carbons (Fsp3) is 0.435. The number of likely N-dealkylation sites (tertiary alicyclic amines) is 1. The number of nitrogens with zero attached hydrogens (tertiary/aromatic N) is 2. The Labute approximate surface area is 176 Å². The topological polar surface area (TPSA) is 91.8 Å². The first-order valence-electron chi connectivity index (χ1n) is 10.5. The van der Waals surface area contributed by atoms with Gasteiger partial charge in [0.2, 0.25) is 5.60 Å². The summed E-state index contributed by atoms with van der Waals surface area (Å²) in [6.07, 6.45) is 7.29. The minimum absolute atomic E-state index is 0.238. The van der Waals surface area contributed by atoms with Gasteiger partial charge in [-0.25, -0.2) is 4.79 Å². The van der Waals surface area contributed by atoms with Crippen LogP contribution in [0.5, 0.6) is 0 Å². The van der Waals surface area contributed by atoms with Crippen LogP contribution in [-0.2, 0) is 21.7 Å². The molecule has 1 aliphatic carbocycles. The average molecular weight is 409 g/mol. The van der Waals surface area contributed by atoms with Gasteiger partial charge in [-0.3, -0.25) is 9.78 Å². The van der Waals surface area contributed by atoms with Crippen molar-refractivity contribution in [1.29, 1.82) is 0 Å². The SMILES string of the molecule is O=C(OCC(O)(C(=O)NCc1cncc(C2CC2)c1)c1ccccc1)N1CCCC1. The molecule has 2 aliphatic rings. The van der Waals surface area contributed by atoms with Gasteiger partial charge in [-0.1, -0.05) is 36.4 Å². The second kappa shape index (κ2) is 8.83. The summed E-state index contributed by atoms with van der Waals surface area (Å²) in [7, 11) is 0. The fourth-order valence-electron chi connectivity index (χ4n) is 3.72. The monoisotopic (exact) mass is 409 g/mol. The van der Waals surface area contributed by atoms with Crippen LogP contribution in [0.3, 0.4) is 0 Å². The first kappa shape index (κ1) is 20.3. The van der Waals surface area contributed by atoms with Crippen molar-refractivity contribution < 1.29 is 19.4 Å². The quantitative estimate of drug-likeness (QED) is 0.734. The van der Waals surface area contributed by atoms with Crippen molar-refractivity contribution in [3.63, 3.8) is 0 Å². The zero-order valence-electron chi connectivity index (χ0n) is 16.9. The highest BCUT2D eigenvalue weighted by atomic mass is 16.6. The smallest absolute Gasteiger partial charge is 0.409 e. The molecule has 4 rings (SSSR count). The molecule has 2 N–H and O–H groups in total. The van der Waals surface area contributed by atoms with Crippen LogP contribution >= 0.6 is 0 Å². The molecular weight excluding hydrogens is 382 g/mol. The molecule has 2 heterocycles. The molecule has 1 aromatic heterocycles. The zero-order chi connectivity index (χ0) is 21.0. The Morgan fingerprint density at radius 2 is 1.90 bits per heavy atom. The molecule has 7 nitrogen and oxygen atoms in total. The number of nitrogens with one attached hydrogen (secondary N) is 1. The highest BCUT2D eigenvalue weighted by molar-refractivity contribution is 5.86. The van der Waals surface area contributed by atoms with E-state index < -0.39 is 24.2 Å². The molecule has 1 saturated carbocycles. The van der Waals surface area contributed by atoms with E-state index in [1.165, 1.54) is 18.4 Å². The van der Waals surface area contributed by atoms with Gasteiger partial charge in [-0.05, 0) is 48.3 Å². The average Bonchev–Trinajstić information content (AvgIpc) is 3.50. The van der Waals surface area contributed by atoms with E-state index in [1.807, 2.05) is 12.3 Å². The third-order valence-corrected chi connectivity index (χ3v) is 5.71. The van der Waals surface area contributed by atoms with Gasteiger partial charge < -0.3 is 20.1 Å². The third-order valence-electron chi connectivity index (χ3n) is 5.71. The summed E-state index contributed by atoms with van der Waals surface area (Å²) in [5.41, 5.74) is 0.455. The molecule has 1 unspecified atom stereocenters. The number of ether oxygens (including phenoxy) is 1. The summed E-state index contributed by atoms with van der Waals surface area (Å²) in [6, 6.07) is 10.6. The van der Waals surface area contributed by atoms with E-state index in [0.29, 0.717) is 24.6 Å². The van der Waals surface area contributed by atoms with Crippen molar-refractivity contribution in [2.45, 2.75) is 43.7 Å². The van der Waals surface area contributed by atoms with Crippen LogP contribution in [0.15, 0.2) is 48.8 Å². The second-order valence-electron chi connectivity index (χ2n) is 8.06. The lowest BCUT2D eigenvalue weighted by molar-refractivity contribution is -0.146. The number of hydrogen-bond acceptors (Lipinski definition) is 5. The minimum Gasteiger partial charge on any atom is -0.445 e. The summed E-state index contributed by atoms with van der Waals surface area (Å²) >= 11 is 0. The number of carbonyl (C=O) groups is 2. The largest absolute Gasteiger partial charge is 0.445 e. The number of aliphatic hydroxyl groups is 1. The predicted molar refractivity (Wildman–Crippen MR) is 111 cm³/mol. The van der Waals surface area contributed by atoms with E-state index in [2.05, 4.69) is 10.3 Å². The van der Waals surface area contributed by atoms with Crippen LogP contribution in [0, 0.1) is 0 Å². The number of benzene rings is 1. The lowest BCUT2D eigenvalue weighted by atomic mass is 9.93. The molecule has 0 bridgehead atoms. The Morgan fingerprint density at radius 3 is 2.60 bits per heavy atom. The van der Waals surface area contributed by atoms with Crippen LogP contribution in [0.1, 0.15) is 48.3 Å². The molecule has 1 aliphatic heterocycles. The summed E-state index contributed by atoms with van der Waals surface area (Å²) in [4.78, 5) is 31.2. The number of amides is 2. The maximum absolute atomic E-state index is 13.0. The van der Waals surface area contributed by atoms with Gasteiger partial charge in [0, 0.05) is 32.0 Å². The van der Waals surface area contributed by atoms with Gasteiger partial charge in [-0.2, -0.15) is 0 Å². The number of aromatic nitrogens is 1. The number of pyridine rings is 1. The Bertz CT molecular complexity index is 894. The molecule has 2 aromatic rings. The molecule has 0 radical (unpaired) electrons. The molecule has 158 valence electrons. The van der Waals surface area contributed by atoms with E-state index in [1.54, 1.807) is 41.4 Å². The molecular formula is C23H27N3O4. The van der Waals surface area contributed by atoms with Crippen molar-refractivity contribution in [3.05, 3.63) is 65.5 Å². The molecule has 0 spiro atoms. The number of hydrogen-bond donors (Lipinski definition) is 2. The molecule has 1 aromatic carbocycles. The Morgan fingerprint density at radius 1 is 1.17 bits per heavy atom. The maximum Gasteiger partial charge on any atom is 0.409 e. The van der Waals surface area contributed by atoms with E-state index in [-0.39, 0.29) is 6.54 Å². The Hall–Kier alpha value is -2.93. The van der Waals surface area contributed by atoms with E-state index in [9.17, 15) is 14.7 Å². The van der Waals surface area contributed by atoms with Gasteiger partial charge in [0.15, 0.2) is 0 Å². The third kappa shape index (κ3) is 4.62. The van der Waals surface area contributed by atoms with Crippen LogP contribution in [0.25, 0.3) is 0 Å². The fourth-order valence-corrected chi connectivity index (χ4v) is 3.72. The standard InChI is InChI=1S/C23H27N3O4/c27-21(25-14-17-12-19(15-24-13-17)18-8-9-18)23(29,20-6-2-1-3-7-20)16-30-22(28)26-10-4-5-11-26/h1-3,6-7,12-13,15,18,29H,4-5,8-11,14,16H2,(H,25,27). The normalized spacial score (nSPS) is 18.0. The summed E-state index contributed by atoms with van der Waals surface area (Å²) < 4.78 is 5.34. The molecule has 2 amide bonds. The van der Waals surface area contributed by atoms with Crippen LogP contribution in [0.4, 0.5) is 4.79 Å². The van der Waals surface area contributed by atoms with Gasteiger partial charge in [-0.15, -0.1) is 0 Å². The summed E-state index contributed by atoms with van der Waals surface area (Å²) in [6.45, 7) is 1.07. The molecule has 2 fully saturated rings. The second-order valence-corrected chi connectivity index (χ2v) is 8.06. The van der Waals surface area contributed by atoms with E-state index >= 15 is 0 Å². The zero-order valence-corrected chi connectivity index (χ0v) is 16.9. The van der Waals surface area contributed by atoms with Crippen LogP contribution in [-0.4, -0.2) is 46.7 Å². The van der Waals surface area contributed by atoms with Gasteiger partial charge in [0.25, 0.3) is 5.91 Å². The maximum atomic E-state index is 13.0. The molecule has 1 saturated heterocycles. The lowest BCUT2D eigenvalue weighted by Crippen LogP contribution is -2.48. The van der Waals surface area contributed by atoms with Gasteiger partial charge in [0.05, 0.1) is 0 Å². The van der Waals surface area contributed by atoms with Crippen LogP contribution in [0.2, 0.25) is 0 Å². The van der Waals surface area contributed by atoms with Crippen molar-refractivity contribution in [2.75, 3.05) is 19.7 Å². The van der Waals surface area contributed by atoms with E-state index in [4.69, 9.17) is 4.74 Å². The van der Waals surface area contributed by atoms with Gasteiger partial charge >= 0.3 is 6.09 Å². The predicted octanol–water partition coefficient (Wildman–Crippen LogP) is 2.70. The first-order chi connectivity index (χ1) is 14.6. The van der Waals surface area contributed by atoms with Crippen molar-refractivity contribution in [2.24, 2.45) is 0 Å². The lowest BCUT2D eigenvalue weighted by Gasteiger charge is -2.28. The highest BCUT2D eigenvalue weighted by Crippen LogP contribution is 2.39. The van der Waals surface area contributed by atoms with Crippen molar-refractivity contribution in [1.82, 2.24) is 15.2 Å². The molecule has 7 heteroatoms. The highest BCUT2D eigenvalue weighted by Gasteiger charge is 2.40. The van der Waals surface area contributed by atoms with Gasteiger partial charge in [0.1, 0.15) is 6.61 Å². The number of carbonyl (C=O) groups excluding carboxylic acids is 2. The van der Waals surface area contributed by atoms with Crippen molar-refractivity contribution in [3.8, 4) is 0 Å². The molecule has 30 heavy (non-hydrogen) atoms. The van der Waals surface area contributed by atoms with Crippen LogP contribution < -0.4 is 5.32 Å². The minimum atomic E-state index is -1.97. The summed E-state index contributed by atoms with van der Waals surface area (Å²) in [5, 5.41) is 14.0. The first-order valence-corrected chi connectivity index (χ1v) is 10.5. The Balaban J connectivity index is 1.45. The summed E-state index contributed by atoms with van der Waals surface area (Å²) in [5.74, 6) is -0.0425.